The van der Waals surface area contributed by atoms with E-state index in [1.807, 2.05) is 0 Å². The van der Waals surface area contributed by atoms with Gasteiger partial charge in [0.25, 0.3) is 0 Å². The third-order valence-electron chi connectivity index (χ3n) is 14.6. The predicted molar refractivity (Wildman–Crippen MR) is 361 cm³/mol. The molecule has 1 unspecified atom stereocenters. The summed E-state index contributed by atoms with van der Waals surface area (Å²) in [5, 5.41) is 9.69. The number of carbonyl (C=O) groups excluding carboxylic acids is 2. The van der Waals surface area contributed by atoms with E-state index in [2.05, 4.69) is 160 Å². The highest BCUT2D eigenvalue weighted by Gasteiger charge is 2.16. The number of unbranched alkanes of at least 4 members (excludes halogenated alkanes) is 30. The van der Waals surface area contributed by atoms with Crippen molar-refractivity contribution in [3.63, 3.8) is 0 Å². The van der Waals surface area contributed by atoms with Gasteiger partial charge < -0.3 is 14.6 Å². The minimum atomic E-state index is -0.788. The van der Waals surface area contributed by atoms with Gasteiger partial charge in [0.1, 0.15) is 6.61 Å². The number of aliphatic hydroxyl groups is 1. The number of aliphatic hydroxyl groups excluding tert-OH is 1. The lowest BCUT2D eigenvalue weighted by molar-refractivity contribution is -0.161. The summed E-state index contributed by atoms with van der Waals surface area (Å²) in [6, 6.07) is 0. The van der Waals surface area contributed by atoms with Gasteiger partial charge in [0.2, 0.25) is 0 Å². The van der Waals surface area contributed by atoms with Crippen LogP contribution in [0.15, 0.2) is 146 Å². The van der Waals surface area contributed by atoms with Crippen molar-refractivity contribution < 1.29 is 24.2 Å². The summed E-state index contributed by atoms with van der Waals surface area (Å²) in [4.78, 5) is 24.6. The summed E-state index contributed by atoms with van der Waals surface area (Å²) in [6.07, 6.45) is 107. The molecule has 0 saturated carbocycles. The molecular formula is C77H128O5. The SMILES string of the molecule is CC/C=C\C/C=C\C/C=C\C/C=C\C/C=C\C/C=C\C/C=C\C/C=C\C/C=C\C/C=C\C/C=C\CCCCCCCCCC(=O)OC(CO)COC(=O)CCCCCCCCCCCCCCCCC/C=C\CCCCCCCCCC. The third-order valence-corrected chi connectivity index (χ3v) is 14.6. The molecule has 82 heavy (non-hydrogen) atoms. The Morgan fingerprint density at radius 3 is 0.805 bits per heavy atom. The first-order chi connectivity index (χ1) is 40.6. The Bertz CT molecular complexity index is 1710. The van der Waals surface area contributed by atoms with E-state index in [0.717, 1.165) is 116 Å². The summed E-state index contributed by atoms with van der Waals surface area (Å²) in [5.41, 5.74) is 0. The second-order valence-corrected chi connectivity index (χ2v) is 22.5. The minimum Gasteiger partial charge on any atom is -0.462 e. The van der Waals surface area contributed by atoms with Crippen LogP contribution in [0.3, 0.4) is 0 Å². The van der Waals surface area contributed by atoms with E-state index < -0.39 is 6.10 Å². The first kappa shape index (κ1) is 77.8. The average molecular weight is 1130 g/mol. The molecule has 0 heterocycles. The second kappa shape index (κ2) is 71.0. The average Bonchev–Trinajstić information content (AvgIpc) is 3.49. The Balaban J connectivity index is 3.57. The fraction of sp³-hybridized carbons (Fsp3) is 0.662. The van der Waals surface area contributed by atoms with Gasteiger partial charge in [-0.1, -0.05) is 320 Å². The highest BCUT2D eigenvalue weighted by molar-refractivity contribution is 5.70. The molecular weight excluding hydrogens is 1000 g/mol. The lowest BCUT2D eigenvalue weighted by Crippen LogP contribution is -2.28. The number of hydrogen-bond donors (Lipinski definition) is 1. The molecule has 1 atom stereocenters. The van der Waals surface area contributed by atoms with Crippen molar-refractivity contribution in [2.24, 2.45) is 0 Å². The van der Waals surface area contributed by atoms with Crippen LogP contribution >= 0.6 is 0 Å². The van der Waals surface area contributed by atoms with Crippen LogP contribution in [0.1, 0.15) is 309 Å². The molecule has 0 radical (unpaired) electrons. The molecule has 0 aromatic carbocycles. The molecule has 0 aromatic rings. The standard InChI is InChI=1S/C77H128O5/c1-3-5-7-9-11-13-15-17-19-21-23-25-27-29-31-32-33-34-35-36-37-38-39-40-41-42-43-44-46-48-50-52-54-56-58-60-62-64-66-68-70-72-77(80)82-75(73-78)74-81-76(79)71-69-67-65-63-61-59-57-55-53-51-49-47-45-30-28-26-24-22-20-18-16-14-12-10-8-6-4-2/h5,7,11,13,17,19,22-25,29,31,33-34,36-37,39-40,42-43,46,48,52,54,75,78H,3-4,6,8-10,12,14-16,18,20-21,26-28,30,32,35,38,41,44-45,47,49-51,53,55-74H2,1-2H3/b7-5-,13-11-,19-17-,24-22-,25-23-,31-29-,34-33-,37-36-,40-39-,43-42-,48-46-,54-52-. The molecule has 0 amide bonds. The van der Waals surface area contributed by atoms with Gasteiger partial charge in [-0.25, -0.2) is 0 Å². The number of ether oxygens (including phenoxy) is 2. The first-order valence-electron chi connectivity index (χ1n) is 34.4. The molecule has 0 fully saturated rings. The van der Waals surface area contributed by atoms with Crippen molar-refractivity contribution in [1.29, 1.82) is 0 Å². The summed E-state index contributed by atoms with van der Waals surface area (Å²) < 4.78 is 10.7. The molecule has 0 saturated heterocycles. The molecule has 1 N–H and O–H groups in total. The molecule has 0 aromatic heterocycles. The van der Waals surface area contributed by atoms with Crippen LogP contribution in [0.2, 0.25) is 0 Å². The number of carbonyl (C=O) groups is 2. The highest BCUT2D eigenvalue weighted by Crippen LogP contribution is 2.16. The van der Waals surface area contributed by atoms with Gasteiger partial charge in [-0.3, -0.25) is 9.59 Å². The van der Waals surface area contributed by atoms with Crippen LogP contribution in [-0.2, 0) is 19.1 Å². The zero-order valence-corrected chi connectivity index (χ0v) is 53.5. The van der Waals surface area contributed by atoms with E-state index in [9.17, 15) is 14.7 Å². The zero-order valence-electron chi connectivity index (χ0n) is 53.5. The Hall–Kier alpha value is -4.22. The predicted octanol–water partition coefficient (Wildman–Crippen LogP) is 24.1. The Labute approximate surface area is 508 Å². The Kier molecular flexibility index (Phi) is 67.4. The van der Waals surface area contributed by atoms with Gasteiger partial charge in [0, 0.05) is 12.8 Å². The second-order valence-electron chi connectivity index (χ2n) is 22.5. The lowest BCUT2D eigenvalue weighted by atomic mass is 10.0. The molecule has 0 rings (SSSR count). The van der Waals surface area contributed by atoms with E-state index >= 15 is 0 Å². The fourth-order valence-corrected chi connectivity index (χ4v) is 9.50. The van der Waals surface area contributed by atoms with E-state index in [0.29, 0.717) is 12.8 Å². The third kappa shape index (κ3) is 68.3. The summed E-state index contributed by atoms with van der Waals surface area (Å²) >= 11 is 0. The van der Waals surface area contributed by atoms with Gasteiger partial charge >= 0.3 is 11.9 Å². The monoisotopic (exact) mass is 1130 g/mol. The van der Waals surface area contributed by atoms with E-state index in [4.69, 9.17) is 9.47 Å². The number of allylic oxidation sites excluding steroid dienone is 24. The quantitative estimate of drug-likeness (QED) is 0.0373. The molecule has 0 bridgehead atoms. The zero-order chi connectivity index (χ0) is 59.1. The van der Waals surface area contributed by atoms with Gasteiger partial charge in [-0.05, 0) is 122 Å². The smallest absolute Gasteiger partial charge is 0.306 e. The number of hydrogen-bond acceptors (Lipinski definition) is 5. The van der Waals surface area contributed by atoms with Gasteiger partial charge in [0.15, 0.2) is 6.10 Å². The Morgan fingerprint density at radius 1 is 0.293 bits per heavy atom. The van der Waals surface area contributed by atoms with E-state index in [1.165, 1.54) is 167 Å². The maximum atomic E-state index is 12.4. The number of rotatable bonds is 62. The van der Waals surface area contributed by atoms with Crippen molar-refractivity contribution in [2.75, 3.05) is 13.2 Å². The topological polar surface area (TPSA) is 72.8 Å². The van der Waals surface area contributed by atoms with Gasteiger partial charge in [-0.2, -0.15) is 0 Å². The minimum absolute atomic E-state index is 0.0757. The molecule has 0 aliphatic carbocycles. The highest BCUT2D eigenvalue weighted by atomic mass is 16.6. The molecule has 5 heteroatoms. The van der Waals surface area contributed by atoms with Crippen molar-refractivity contribution in [3.8, 4) is 0 Å². The lowest BCUT2D eigenvalue weighted by Gasteiger charge is -2.15. The molecule has 466 valence electrons. The van der Waals surface area contributed by atoms with Crippen LogP contribution in [0, 0.1) is 0 Å². The van der Waals surface area contributed by atoms with Crippen molar-refractivity contribution in [3.05, 3.63) is 146 Å². The van der Waals surface area contributed by atoms with Crippen molar-refractivity contribution >= 4 is 11.9 Å². The van der Waals surface area contributed by atoms with Crippen LogP contribution in [0.25, 0.3) is 0 Å². The summed E-state index contributed by atoms with van der Waals surface area (Å²) in [5.74, 6) is -0.602. The summed E-state index contributed by atoms with van der Waals surface area (Å²) in [6.45, 7) is 4.04. The van der Waals surface area contributed by atoms with Gasteiger partial charge in [-0.15, -0.1) is 0 Å². The Morgan fingerprint density at radius 2 is 0.524 bits per heavy atom. The maximum Gasteiger partial charge on any atom is 0.306 e. The largest absolute Gasteiger partial charge is 0.462 e. The first-order valence-corrected chi connectivity index (χ1v) is 34.4. The normalized spacial score (nSPS) is 13.2. The summed E-state index contributed by atoms with van der Waals surface area (Å²) in [7, 11) is 0. The molecule has 5 nitrogen and oxygen atoms in total. The van der Waals surface area contributed by atoms with Crippen molar-refractivity contribution in [1.82, 2.24) is 0 Å². The van der Waals surface area contributed by atoms with Crippen LogP contribution in [0.5, 0.6) is 0 Å². The van der Waals surface area contributed by atoms with Crippen LogP contribution in [-0.4, -0.2) is 36.4 Å². The van der Waals surface area contributed by atoms with Crippen LogP contribution < -0.4 is 0 Å². The van der Waals surface area contributed by atoms with Gasteiger partial charge in [0.05, 0.1) is 6.61 Å². The molecule has 0 aliphatic heterocycles. The molecule has 0 spiro atoms. The molecule has 0 aliphatic rings. The van der Waals surface area contributed by atoms with E-state index in [1.54, 1.807) is 0 Å². The van der Waals surface area contributed by atoms with Crippen molar-refractivity contribution in [2.45, 2.75) is 315 Å². The van der Waals surface area contributed by atoms with E-state index in [-0.39, 0.29) is 25.2 Å². The number of esters is 2. The maximum absolute atomic E-state index is 12.4. The fourth-order valence-electron chi connectivity index (χ4n) is 9.50. The van der Waals surface area contributed by atoms with Crippen LogP contribution in [0.4, 0.5) is 0 Å².